The van der Waals surface area contributed by atoms with E-state index in [1.54, 1.807) is 17.0 Å². The number of rotatable bonds is 7. The number of thiophene rings is 1. The molecule has 0 aliphatic heterocycles. The van der Waals surface area contributed by atoms with Crippen LogP contribution in [0.1, 0.15) is 66.5 Å². The van der Waals surface area contributed by atoms with Crippen LogP contribution in [-0.4, -0.2) is 30.9 Å². The molecule has 2 amide bonds. The molecule has 1 saturated carbocycles. The van der Waals surface area contributed by atoms with Crippen LogP contribution in [0.2, 0.25) is 0 Å². The summed E-state index contributed by atoms with van der Waals surface area (Å²) in [5.74, 6) is -0.582. The molecule has 38 heavy (non-hydrogen) atoms. The molecular formula is C30H33FN2O4S. The molecule has 0 radical (unpaired) electrons. The molecule has 1 fully saturated rings. The Kier molecular flexibility index (Phi) is 8.62. The first-order chi connectivity index (χ1) is 18.2. The van der Waals surface area contributed by atoms with Crippen molar-refractivity contribution in [2.75, 3.05) is 17.3 Å². The maximum absolute atomic E-state index is 13.7. The fraction of sp³-hybridized carbons (Fsp3) is 0.367. The van der Waals surface area contributed by atoms with Crippen molar-refractivity contribution in [1.29, 1.82) is 0 Å². The molecule has 200 valence electrons. The summed E-state index contributed by atoms with van der Waals surface area (Å²) in [7, 11) is 1.34. The van der Waals surface area contributed by atoms with Crippen molar-refractivity contribution in [3.8, 4) is 10.4 Å². The van der Waals surface area contributed by atoms with Crippen LogP contribution in [0.5, 0.6) is 0 Å². The van der Waals surface area contributed by atoms with Crippen molar-refractivity contribution in [3.63, 3.8) is 0 Å². The number of methoxy groups -OCH3 is 1. The quantitative estimate of drug-likeness (QED) is 0.325. The van der Waals surface area contributed by atoms with Crippen LogP contribution < -0.4 is 10.2 Å². The molecule has 0 spiro atoms. The van der Waals surface area contributed by atoms with Gasteiger partial charge in [-0.1, -0.05) is 19.1 Å². The van der Waals surface area contributed by atoms with Crippen molar-refractivity contribution in [2.45, 2.75) is 52.5 Å². The number of ether oxygens (including phenoxy) is 1. The number of carbonyl (C=O) groups is 3. The van der Waals surface area contributed by atoms with E-state index in [0.717, 1.165) is 36.1 Å². The van der Waals surface area contributed by atoms with E-state index in [2.05, 4.69) is 12.2 Å². The lowest BCUT2D eigenvalue weighted by Gasteiger charge is -2.33. The minimum Gasteiger partial charge on any atom is -0.465 e. The smallest absolute Gasteiger partial charge is 0.350 e. The van der Waals surface area contributed by atoms with Crippen LogP contribution in [0.3, 0.4) is 0 Å². The van der Waals surface area contributed by atoms with E-state index in [0.29, 0.717) is 27.7 Å². The fourth-order valence-corrected chi connectivity index (χ4v) is 5.89. The molecule has 0 saturated heterocycles. The van der Waals surface area contributed by atoms with E-state index in [-0.39, 0.29) is 23.8 Å². The zero-order valence-electron chi connectivity index (χ0n) is 22.1. The number of amides is 2. The highest BCUT2D eigenvalue weighted by Gasteiger charge is 2.33. The highest BCUT2D eigenvalue weighted by molar-refractivity contribution is 7.18. The van der Waals surface area contributed by atoms with E-state index in [4.69, 9.17) is 4.74 Å². The van der Waals surface area contributed by atoms with Gasteiger partial charge in [-0.25, -0.2) is 9.18 Å². The van der Waals surface area contributed by atoms with Crippen LogP contribution in [0.25, 0.3) is 10.4 Å². The van der Waals surface area contributed by atoms with E-state index in [1.807, 2.05) is 32.0 Å². The van der Waals surface area contributed by atoms with E-state index in [1.165, 1.54) is 42.7 Å². The molecule has 0 bridgehead atoms. The predicted octanol–water partition coefficient (Wildman–Crippen LogP) is 7.16. The standard InChI is InChI=1S/C30H33FN2O4S/c1-18(2)33(29(35)22-7-5-19(3)6-8-22)25-17-26(38-27(25)30(36)37-4)20-11-15-24(16-12-20)32-28(34)21-9-13-23(31)14-10-21/h9-19,22H,5-8H2,1-4H3,(H,32,34)/t19-,22-. The van der Waals surface area contributed by atoms with Gasteiger partial charge >= 0.3 is 5.97 Å². The van der Waals surface area contributed by atoms with Crippen molar-refractivity contribution >= 4 is 40.5 Å². The van der Waals surface area contributed by atoms with E-state index in [9.17, 15) is 18.8 Å². The number of benzene rings is 2. The van der Waals surface area contributed by atoms with Crippen molar-refractivity contribution in [3.05, 3.63) is 70.9 Å². The van der Waals surface area contributed by atoms with Crippen LogP contribution in [0.15, 0.2) is 54.6 Å². The monoisotopic (exact) mass is 536 g/mol. The number of hydrogen-bond donors (Lipinski definition) is 1. The highest BCUT2D eigenvalue weighted by atomic mass is 32.1. The van der Waals surface area contributed by atoms with Gasteiger partial charge in [-0.3, -0.25) is 9.59 Å². The molecule has 0 atom stereocenters. The number of carbonyl (C=O) groups excluding carboxylic acids is 3. The Labute approximate surface area is 226 Å². The molecule has 1 aliphatic rings. The Bertz CT molecular complexity index is 1290. The topological polar surface area (TPSA) is 75.7 Å². The Hall–Kier alpha value is -3.52. The van der Waals surface area contributed by atoms with Crippen LogP contribution in [0.4, 0.5) is 15.8 Å². The Morgan fingerprint density at radius 3 is 2.21 bits per heavy atom. The number of nitrogens with zero attached hydrogens (tertiary/aromatic N) is 1. The van der Waals surface area contributed by atoms with Gasteiger partial charge in [0, 0.05) is 28.1 Å². The van der Waals surface area contributed by atoms with E-state index < -0.39 is 11.8 Å². The Morgan fingerprint density at radius 2 is 1.63 bits per heavy atom. The zero-order chi connectivity index (χ0) is 27.4. The number of hydrogen-bond acceptors (Lipinski definition) is 5. The molecular weight excluding hydrogens is 503 g/mol. The van der Waals surface area contributed by atoms with E-state index >= 15 is 0 Å². The fourth-order valence-electron chi connectivity index (χ4n) is 4.82. The second-order valence-electron chi connectivity index (χ2n) is 10.1. The molecule has 2 aromatic carbocycles. The highest BCUT2D eigenvalue weighted by Crippen LogP contribution is 2.40. The van der Waals surface area contributed by atoms with Crippen molar-refractivity contribution < 1.29 is 23.5 Å². The summed E-state index contributed by atoms with van der Waals surface area (Å²) in [4.78, 5) is 41.8. The van der Waals surface area contributed by atoms with Gasteiger partial charge in [0.2, 0.25) is 5.91 Å². The summed E-state index contributed by atoms with van der Waals surface area (Å²) in [6.45, 7) is 6.14. The molecule has 4 rings (SSSR count). The first kappa shape index (κ1) is 27.5. The lowest BCUT2D eigenvalue weighted by atomic mass is 9.82. The molecule has 1 N–H and O–H groups in total. The molecule has 6 nitrogen and oxygen atoms in total. The molecule has 0 unspecified atom stereocenters. The molecule has 3 aromatic rings. The number of nitrogens with one attached hydrogen (secondary N) is 1. The lowest BCUT2D eigenvalue weighted by Crippen LogP contribution is -2.42. The van der Waals surface area contributed by atoms with Gasteiger partial charge in [0.1, 0.15) is 10.7 Å². The van der Waals surface area contributed by atoms with Crippen molar-refractivity contribution in [1.82, 2.24) is 0 Å². The molecule has 1 aromatic heterocycles. The number of halogens is 1. The largest absolute Gasteiger partial charge is 0.465 e. The number of esters is 1. The average Bonchev–Trinajstić information content (AvgIpc) is 3.34. The van der Waals surface area contributed by atoms with Gasteiger partial charge < -0.3 is 15.0 Å². The maximum atomic E-state index is 13.7. The Balaban J connectivity index is 1.59. The summed E-state index contributed by atoms with van der Waals surface area (Å²) in [6.07, 6.45) is 3.79. The second kappa shape index (κ2) is 11.9. The predicted molar refractivity (Wildman–Crippen MR) is 149 cm³/mol. The number of anilines is 2. The summed E-state index contributed by atoms with van der Waals surface area (Å²) < 4.78 is 18.2. The first-order valence-electron chi connectivity index (χ1n) is 12.9. The average molecular weight is 537 g/mol. The summed E-state index contributed by atoms with van der Waals surface area (Å²) in [5.41, 5.74) is 2.35. The molecule has 1 heterocycles. The van der Waals surface area contributed by atoms with Gasteiger partial charge in [0.05, 0.1) is 12.8 Å². The zero-order valence-corrected chi connectivity index (χ0v) is 22.9. The van der Waals surface area contributed by atoms with Gasteiger partial charge in [-0.05, 0) is 93.5 Å². The maximum Gasteiger partial charge on any atom is 0.350 e. The third-order valence-electron chi connectivity index (χ3n) is 7.00. The molecule has 8 heteroatoms. The minimum absolute atomic E-state index is 0.0496. The third-order valence-corrected chi connectivity index (χ3v) is 8.15. The van der Waals surface area contributed by atoms with Crippen molar-refractivity contribution in [2.24, 2.45) is 11.8 Å². The summed E-state index contributed by atoms with van der Waals surface area (Å²) >= 11 is 1.28. The summed E-state index contributed by atoms with van der Waals surface area (Å²) in [5, 5.41) is 2.80. The van der Waals surface area contributed by atoms with Gasteiger partial charge in [0.15, 0.2) is 0 Å². The Morgan fingerprint density at radius 1 is 1.00 bits per heavy atom. The second-order valence-corrected chi connectivity index (χ2v) is 11.2. The van der Waals surface area contributed by atoms with Crippen LogP contribution in [0, 0.1) is 17.7 Å². The van der Waals surface area contributed by atoms with Gasteiger partial charge in [0.25, 0.3) is 5.91 Å². The molecule has 1 aliphatic carbocycles. The lowest BCUT2D eigenvalue weighted by molar-refractivity contribution is -0.123. The normalized spacial score (nSPS) is 17.2. The third kappa shape index (κ3) is 6.13. The minimum atomic E-state index is -0.477. The van der Waals surface area contributed by atoms with Crippen LogP contribution in [-0.2, 0) is 9.53 Å². The van der Waals surface area contributed by atoms with Gasteiger partial charge in [-0.15, -0.1) is 11.3 Å². The SMILES string of the molecule is COC(=O)c1sc(-c2ccc(NC(=O)c3ccc(F)cc3)cc2)cc1N(C(=O)[C@H]1CC[C@H](C)CC1)C(C)C. The van der Waals surface area contributed by atoms with Crippen LogP contribution >= 0.6 is 11.3 Å². The first-order valence-corrected chi connectivity index (χ1v) is 13.7. The van der Waals surface area contributed by atoms with Gasteiger partial charge in [-0.2, -0.15) is 0 Å². The summed E-state index contributed by atoms with van der Waals surface area (Å²) in [6, 6.07) is 14.3.